The first-order valence-electron chi connectivity index (χ1n) is 5.99. The second-order valence-corrected chi connectivity index (χ2v) is 5.10. The molecule has 1 aliphatic rings. The molecular formula is C13H18Cl2N2O2. The average Bonchev–Trinajstić information content (AvgIpc) is 2.34. The third-order valence-corrected chi connectivity index (χ3v) is 3.64. The summed E-state index contributed by atoms with van der Waals surface area (Å²) in [5, 5.41) is 9.41. The lowest BCUT2D eigenvalue weighted by Crippen LogP contribution is -2.43. The van der Waals surface area contributed by atoms with Crippen molar-refractivity contribution in [1.29, 1.82) is 0 Å². The number of nitrogens with zero attached hydrogens (tertiary/aromatic N) is 2. The zero-order chi connectivity index (χ0) is 13.1. The minimum absolute atomic E-state index is 0. The highest BCUT2D eigenvalue weighted by Crippen LogP contribution is 2.20. The number of rotatable bonds is 3. The van der Waals surface area contributed by atoms with Crippen molar-refractivity contribution in [3.8, 4) is 0 Å². The molecule has 1 aromatic carbocycles. The summed E-state index contributed by atoms with van der Waals surface area (Å²) < 4.78 is 0. The van der Waals surface area contributed by atoms with Crippen LogP contribution < -0.4 is 0 Å². The number of hydrogen-bond acceptors (Lipinski definition) is 3. The van der Waals surface area contributed by atoms with E-state index in [9.17, 15) is 4.79 Å². The van der Waals surface area contributed by atoms with Crippen LogP contribution in [0.3, 0.4) is 0 Å². The Balaban J connectivity index is 0.00000180. The number of aromatic carboxylic acids is 1. The second kappa shape index (κ2) is 7.10. The van der Waals surface area contributed by atoms with Crippen molar-refractivity contribution in [2.24, 2.45) is 0 Å². The summed E-state index contributed by atoms with van der Waals surface area (Å²) in [5.74, 6) is -0.942. The summed E-state index contributed by atoms with van der Waals surface area (Å²) >= 11 is 6.12. The van der Waals surface area contributed by atoms with Crippen LogP contribution in [0.5, 0.6) is 0 Å². The minimum atomic E-state index is -0.942. The van der Waals surface area contributed by atoms with E-state index in [4.69, 9.17) is 16.7 Å². The Hall–Kier alpha value is -0.810. The molecule has 1 heterocycles. The number of likely N-dealkylation sites (N-methyl/N-ethyl adjacent to an activating group) is 1. The van der Waals surface area contributed by atoms with Crippen LogP contribution in [0.2, 0.25) is 5.02 Å². The lowest BCUT2D eigenvalue weighted by atomic mass is 10.1. The van der Waals surface area contributed by atoms with E-state index < -0.39 is 5.97 Å². The first-order valence-corrected chi connectivity index (χ1v) is 6.36. The van der Waals surface area contributed by atoms with E-state index in [1.807, 2.05) is 6.07 Å². The molecule has 0 atom stereocenters. The van der Waals surface area contributed by atoms with Crippen molar-refractivity contribution in [2.75, 3.05) is 33.2 Å². The summed E-state index contributed by atoms with van der Waals surface area (Å²) in [6, 6.07) is 4.94. The first-order chi connectivity index (χ1) is 8.56. The molecule has 0 aliphatic carbocycles. The molecule has 0 radical (unpaired) electrons. The first kappa shape index (κ1) is 16.2. The molecule has 19 heavy (non-hydrogen) atoms. The van der Waals surface area contributed by atoms with Crippen LogP contribution in [0.25, 0.3) is 0 Å². The molecule has 1 fully saturated rings. The molecule has 1 N–H and O–H groups in total. The predicted molar refractivity (Wildman–Crippen MR) is 78.4 cm³/mol. The Morgan fingerprint density at radius 1 is 1.32 bits per heavy atom. The van der Waals surface area contributed by atoms with Crippen LogP contribution in [0.1, 0.15) is 15.9 Å². The molecule has 1 aromatic rings. The van der Waals surface area contributed by atoms with Crippen molar-refractivity contribution in [2.45, 2.75) is 6.54 Å². The van der Waals surface area contributed by atoms with Gasteiger partial charge in [0.15, 0.2) is 0 Å². The number of piperazine rings is 1. The van der Waals surface area contributed by atoms with Gasteiger partial charge in [-0.15, -0.1) is 12.4 Å². The van der Waals surface area contributed by atoms with Crippen molar-refractivity contribution in [3.63, 3.8) is 0 Å². The third kappa shape index (κ3) is 4.35. The van der Waals surface area contributed by atoms with Crippen LogP contribution in [0.15, 0.2) is 18.2 Å². The molecule has 0 saturated carbocycles. The molecule has 0 bridgehead atoms. The third-order valence-electron chi connectivity index (χ3n) is 3.29. The molecular weight excluding hydrogens is 287 g/mol. The maximum atomic E-state index is 10.8. The minimum Gasteiger partial charge on any atom is -0.478 e. The summed E-state index contributed by atoms with van der Waals surface area (Å²) in [6.07, 6.45) is 0. The standard InChI is InChI=1S/C13H17ClN2O2.ClH/c1-15-4-6-16(7-5-15)9-11-3-2-10(13(17)18)8-12(11)14;/h2-3,8H,4-7,9H2,1H3,(H,17,18);1H. The normalized spacial score (nSPS) is 16.9. The van der Waals surface area contributed by atoms with Crippen molar-refractivity contribution >= 4 is 30.0 Å². The van der Waals surface area contributed by atoms with E-state index in [0.717, 1.165) is 38.3 Å². The van der Waals surface area contributed by atoms with E-state index in [1.54, 1.807) is 6.07 Å². The van der Waals surface area contributed by atoms with Gasteiger partial charge in [-0.05, 0) is 24.7 Å². The topological polar surface area (TPSA) is 43.8 Å². The van der Waals surface area contributed by atoms with Gasteiger partial charge in [0.05, 0.1) is 5.56 Å². The van der Waals surface area contributed by atoms with Crippen LogP contribution in [-0.2, 0) is 6.54 Å². The summed E-state index contributed by atoms with van der Waals surface area (Å²) in [7, 11) is 2.12. The van der Waals surface area contributed by atoms with Gasteiger partial charge in [-0.2, -0.15) is 0 Å². The molecule has 1 aliphatic heterocycles. The van der Waals surface area contributed by atoms with Gasteiger partial charge in [-0.1, -0.05) is 17.7 Å². The summed E-state index contributed by atoms with van der Waals surface area (Å²) in [4.78, 5) is 15.4. The van der Waals surface area contributed by atoms with Gasteiger partial charge in [0.2, 0.25) is 0 Å². The molecule has 6 heteroatoms. The summed E-state index contributed by atoms with van der Waals surface area (Å²) in [6.45, 7) is 4.95. The Labute approximate surface area is 124 Å². The molecule has 4 nitrogen and oxygen atoms in total. The van der Waals surface area contributed by atoms with E-state index in [0.29, 0.717) is 5.02 Å². The maximum absolute atomic E-state index is 10.8. The Kier molecular flexibility index (Phi) is 6.07. The van der Waals surface area contributed by atoms with Crippen LogP contribution in [-0.4, -0.2) is 54.1 Å². The fraction of sp³-hybridized carbons (Fsp3) is 0.462. The molecule has 2 rings (SSSR count). The maximum Gasteiger partial charge on any atom is 0.335 e. The van der Waals surface area contributed by atoms with Crippen molar-refractivity contribution in [3.05, 3.63) is 34.3 Å². The largest absolute Gasteiger partial charge is 0.478 e. The molecule has 0 aromatic heterocycles. The molecule has 0 amide bonds. The molecule has 106 valence electrons. The van der Waals surface area contributed by atoms with Gasteiger partial charge in [0, 0.05) is 37.7 Å². The van der Waals surface area contributed by atoms with Crippen molar-refractivity contribution in [1.82, 2.24) is 9.80 Å². The monoisotopic (exact) mass is 304 g/mol. The van der Waals surface area contributed by atoms with E-state index >= 15 is 0 Å². The number of carboxylic acid groups (broad SMARTS) is 1. The molecule has 0 unspecified atom stereocenters. The van der Waals surface area contributed by atoms with Gasteiger partial charge < -0.3 is 10.0 Å². The Morgan fingerprint density at radius 2 is 1.95 bits per heavy atom. The Morgan fingerprint density at radius 3 is 2.47 bits per heavy atom. The predicted octanol–water partition coefficient (Wildman–Crippen LogP) is 2.21. The number of carboxylic acids is 1. The smallest absolute Gasteiger partial charge is 0.335 e. The number of hydrogen-bond donors (Lipinski definition) is 1. The fourth-order valence-electron chi connectivity index (χ4n) is 2.06. The van der Waals surface area contributed by atoms with Crippen LogP contribution >= 0.6 is 24.0 Å². The Bertz CT molecular complexity index is 446. The van der Waals surface area contributed by atoms with Gasteiger partial charge >= 0.3 is 5.97 Å². The van der Waals surface area contributed by atoms with Gasteiger partial charge in [0.1, 0.15) is 0 Å². The zero-order valence-corrected chi connectivity index (χ0v) is 12.4. The van der Waals surface area contributed by atoms with Crippen LogP contribution in [0, 0.1) is 0 Å². The highest BCUT2D eigenvalue weighted by Gasteiger charge is 2.15. The van der Waals surface area contributed by atoms with Crippen LogP contribution in [0.4, 0.5) is 0 Å². The number of carbonyl (C=O) groups is 1. The quantitative estimate of drug-likeness (QED) is 0.930. The highest BCUT2D eigenvalue weighted by atomic mass is 35.5. The van der Waals surface area contributed by atoms with Crippen molar-refractivity contribution < 1.29 is 9.90 Å². The molecule has 1 saturated heterocycles. The average molecular weight is 305 g/mol. The van der Waals surface area contributed by atoms with E-state index in [2.05, 4.69) is 16.8 Å². The lowest BCUT2D eigenvalue weighted by Gasteiger charge is -2.32. The van der Waals surface area contributed by atoms with E-state index in [-0.39, 0.29) is 18.0 Å². The number of halogens is 2. The van der Waals surface area contributed by atoms with Gasteiger partial charge in [-0.25, -0.2) is 4.79 Å². The fourth-order valence-corrected chi connectivity index (χ4v) is 2.30. The lowest BCUT2D eigenvalue weighted by molar-refractivity contribution is 0.0697. The SMILES string of the molecule is CN1CCN(Cc2ccc(C(=O)O)cc2Cl)CC1.Cl. The molecule has 0 spiro atoms. The highest BCUT2D eigenvalue weighted by molar-refractivity contribution is 6.31. The number of benzene rings is 1. The van der Waals surface area contributed by atoms with E-state index in [1.165, 1.54) is 6.07 Å². The second-order valence-electron chi connectivity index (χ2n) is 4.69. The zero-order valence-electron chi connectivity index (χ0n) is 10.8. The van der Waals surface area contributed by atoms with Gasteiger partial charge in [0.25, 0.3) is 0 Å². The summed E-state index contributed by atoms with van der Waals surface area (Å²) in [5.41, 5.74) is 1.23. The van der Waals surface area contributed by atoms with Gasteiger partial charge in [-0.3, -0.25) is 4.90 Å².